The molecule has 4 nitrogen and oxygen atoms in total. The van der Waals surface area contributed by atoms with E-state index in [0.29, 0.717) is 5.28 Å². The molecular formula is C12H17ClN4S. The molecule has 0 atom stereocenters. The van der Waals surface area contributed by atoms with E-state index in [0.717, 1.165) is 42.2 Å². The predicted molar refractivity (Wildman–Crippen MR) is 78.7 cm³/mol. The fraction of sp³-hybridized carbons (Fsp3) is 0.500. The van der Waals surface area contributed by atoms with Gasteiger partial charge in [0.25, 0.3) is 0 Å². The van der Waals surface area contributed by atoms with Crippen LogP contribution in [0.15, 0.2) is 11.4 Å². The van der Waals surface area contributed by atoms with Crippen molar-refractivity contribution in [1.82, 2.24) is 14.9 Å². The number of thiophene rings is 1. The molecule has 0 spiro atoms. The van der Waals surface area contributed by atoms with E-state index in [4.69, 9.17) is 11.6 Å². The maximum atomic E-state index is 5.91. The van der Waals surface area contributed by atoms with Gasteiger partial charge < -0.3 is 10.2 Å². The Hall–Kier alpha value is -0.910. The van der Waals surface area contributed by atoms with E-state index < -0.39 is 0 Å². The molecular weight excluding hydrogens is 268 g/mol. The number of hydrogen-bond donors (Lipinski definition) is 1. The van der Waals surface area contributed by atoms with E-state index in [2.05, 4.69) is 34.0 Å². The van der Waals surface area contributed by atoms with Gasteiger partial charge in [0.1, 0.15) is 10.6 Å². The van der Waals surface area contributed by atoms with Gasteiger partial charge in [0.2, 0.25) is 5.28 Å². The number of hydrogen-bond acceptors (Lipinski definition) is 5. The third-order valence-corrected chi connectivity index (χ3v) is 3.89. The molecule has 0 aliphatic heterocycles. The minimum Gasteiger partial charge on any atom is -0.368 e. The lowest BCUT2D eigenvalue weighted by Gasteiger charge is -2.18. The van der Waals surface area contributed by atoms with Crippen molar-refractivity contribution in [3.8, 4) is 0 Å². The lowest BCUT2D eigenvalue weighted by molar-refractivity contribution is 0.316. The molecule has 1 N–H and O–H groups in total. The van der Waals surface area contributed by atoms with Gasteiger partial charge in [-0.05, 0) is 36.1 Å². The number of rotatable bonds is 6. The second kappa shape index (κ2) is 6.31. The molecule has 2 aromatic heterocycles. The van der Waals surface area contributed by atoms with Crippen molar-refractivity contribution in [1.29, 1.82) is 0 Å². The van der Waals surface area contributed by atoms with E-state index in [9.17, 15) is 0 Å². The van der Waals surface area contributed by atoms with Gasteiger partial charge in [0.15, 0.2) is 0 Å². The zero-order chi connectivity index (χ0) is 13.0. The third-order valence-electron chi connectivity index (χ3n) is 2.91. The molecule has 0 aliphatic rings. The van der Waals surface area contributed by atoms with E-state index in [-0.39, 0.29) is 0 Å². The largest absolute Gasteiger partial charge is 0.368 e. The summed E-state index contributed by atoms with van der Waals surface area (Å²) in [5.41, 5.74) is 0. The summed E-state index contributed by atoms with van der Waals surface area (Å²) >= 11 is 7.49. The summed E-state index contributed by atoms with van der Waals surface area (Å²) in [6, 6.07) is 2.02. The standard InChI is InChI=1S/C12H17ClN4S/c1-3-17(4-2)7-6-14-10-9-5-8-18-11(9)16-12(13)15-10/h5,8H,3-4,6-7H2,1-2H3,(H,14,15,16). The molecule has 18 heavy (non-hydrogen) atoms. The van der Waals surface area contributed by atoms with Crippen LogP contribution in [0.1, 0.15) is 13.8 Å². The van der Waals surface area contributed by atoms with Gasteiger partial charge >= 0.3 is 0 Å². The summed E-state index contributed by atoms with van der Waals surface area (Å²) in [6.45, 7) is 8.33. The van der Waals surface area contributed by atoms with E-state index in [1.165, 1.54) is 0 Å². The first-order chi connectivity index (χ1) is 8.74. The van der Waals surface area contributed by atoms with Crippen LogP contribution in [0.2, 0.25) is 5.28 Å². The van der Waals surface area contributed by atoms with Crippen molar-refractivity contribution >= 4 is 39.0 Å². The van der Waals surface area contributed by atoms with Crippen LogP contribution in [0, 0.1) is 0 Å². The number of fused-ring (bicyclic) bond motifs is 1. The summed E-state index contributed by atoms with van der Waals surface area (Å²) in [4.78, 5) is 11.7. The smallest absolute Gasteiger partial charge is 0.225 e. The van der Waals surface area contributed by atoms with Gasteiger partial charge in [0, 0.05) is 13.1 Å². The first-order valence-electron chi connectivity index (χ1n) is 6.11. The number of halogens is 1. The molecule has 2 aromatic rings. The average molecular weight is 285 g/mol. The molecule has 0 aliphatic carbocycles. The first-order valence-corrected chi connectivity index (χ1v) is 7.37. The first kappa shape index (κ1) is 13.5. The Morgan fingerprint density at radius 1 is 1.33 bits per heavy atom. The Morgan fingerprint density at radius 3 is 2.83 bits per heavy atom. The lowest BCUT2D eigenvalue weighted by Crippen LogP contribution is -2.28. The van der Waals surface area contributed by atoms with Crippen molar-refractivity contribution < 1.29 is 0 Å². The average Bonchev–Trinajstić information content (AvgIpc) is 2.82. The SMILES string of the molecule is CCN(CC)CCNc1nc(Cl)nc2sccc12. The zero-order valence-corrected chi connectivity index (χ0v) is 12.2. The number of nitrogens with zero attached hydrogens (tertiary/aromatic N) is 3. The summed E-state index contributed by atoms with van der Waals surface area (Å²) in [5, 5.41) is 6.69. The Morgan fingerprint density at radius 2 is 2.11 bits per heavy atom. The molecule has 0 amide bonds. The quantitative estimate of drug-likeness (QED) is 0.828. The number of anilines is 1. The molecule has 98 valence electrons. The molecule has 0 bridgehead atoms. The van der Waals surface area contributed by atoms with Crippen LogP contribution >= 0.6 is 22.9 Å². The number of likely N-dealkylation sites (N-methyl/N-ethyl adjacent to an activating group) is 1. The van der Waals surface area contributed by atoms with Gasteiger partial charge in [0.05, 0.1) is 5.39 Å². The van der Waals surface area contributed by atoms with Crippen LogP contribution in [-0.4, -0.2) is 41.0 Å². The maximum Gasteiger partial charge on any atom is 0.225 e. The molecule has 2 heterocycles. The minimum absolute atomic E-state index is 0.301. The Labute approximate surface area is 116 Å². The Bertz CT molecular complexity index is 510. The zero-order valence-electron chi connectivity index (χ0n) is 10.6. The van der Waals surface area contributed by atoms with Crippen LogP contribution in [0.3, 0.4) is 0 Å². The number of aromatic nitrogens is 2. The Balaban J connectivity index is 2.05. The topological polar surface area (TPSA) is 41.0 Å². The highest BCUT2D eigenvalue weighted by atomic mass is 35.5. The molecule has 0 saturated carbocycles. The monoisotopic (exact) mass is 284 g/mol. The molecule has 0 radical (unpaired) electrons. The molecule has 0 saturated heterocycles. The van der Waals surface area contributed by atoms with Crippen LogP contribution in [0.5, 0.6) is 0 Å². The molecule has 0 fully saturated rings. The van der Waals surface area contributed by atoms with E-state index in [1.807, 2.05) is 11.4 Å². The molecule has 0 unspecified atom stereocenters. The highest BCUT2D eigenvalue weighted by molar-refractivity contribution is 7.16. The maximum absolute atomic E-state index is 5.91. The van der Waals surface area contributed by atoms with Gasteiger partial charge in [-0.3, -0.25) is 0 Å². The summed E-state index contributed by atoms with van der Waals surface area (Å²) in [7, 11) is 0. The van der Waals surface area contributed by atoms with Gasteiger partial charge in [-0.15, -0.1) is 11.3 Å². The van der Waals surface area contributed by atoms with Crippen LogP contribution < -0.4 is 5.32 Å². The predicted octanol–water partition coefficient (Wildman–Crippen LogP) is 3.10. The second-order valence-electron chi connectivity index (χ2n) is 3.93. The summed E-state index contributed by atoms with van der Waals surface area (Å²) in [5.74, 6) is 0.832. The van der Waals surface area contributed by atoms with Gasteiger partial charge in [-0.25, -0.2) is 9.97 Å². The second-order valence-corrected chi connectivity index (χ2v) is 5.17. The van der Waals surface area contributed by atoms with E-state index >= 15 is 0 Å². The van der Waals surface area contributed by atoms with Crippen LogP contribution in [0.4, 0.5) is 5.82 Å². The van der Waals surface area contributed by atoms with Gasteiger partial charge in [-0.2, -0.15) is 0 Å². The van der Waals surface area contributed by atoms with Crippen LogP contribution in [0.25, 0.3) is 10.2 Å². The molecule has 0 aromatic carbocycles. The van der Waals surface area contributed by atoms with Crippen molar-refractivity contribution in [3.63, 3.8) is 0 Å². The van der Waals surface area contributed by atoms with Crippen LogP contribution in [-0.2, 0) is 0 Å². The van der Waals surface area contributed by atoms with Crippen molar-refractivity contribution in [2.75, 3.05) is 31.5 Å². The highest BCUT2D eigenvalue weighted by Gasteiger charge is 2.07. The van der Waals surface area contributed by atoms with Crippen molar-refractivity contribution in [2.45, 2.75) is 13.8 Å². The molecule has 2 rings (SSSR count). The normalized spacial score (nSPS) is 11.3. The molecule has 6 heteroatoms. The van der Waals surface area contributed by atoms with Gasteiger partial charge in [-0.1, -0.05) is 13.8 Å². The fourth-order valence-corrected chi connectivity index (χ4v) is 2.82. The summed E-state index contributed by atoms with van der Waals surface area (Å²) < 4.78 is 0. The highest BCUT2D eigenvalue weighted by Crippen LogP contribution is 2.26. The lowest BCUT2D eigenvalue weighted by atomic mass is 10.3. The third kappa shape index (κ3) is 3.10. The minimum atomic E-state index is 0.301. The Kier molecular flexibility index (Phi) is 4.74. The summed E-state index contributed by atoms with van der Waals surface area (Å²) in [6.07, 6.45) is 0. The number of nitrogens with one attached hydrogen (secondary N) is 1. The van der Waals surface area contributed by atoms with Crippen molar-refractivity contribution in [3.05, 3.63) is 16.7 Å². The van der Waals surface area contributed by atoms with Crippen molar-refractivity contribution in [2.24, 2.45) is 0 Å². The fourth-order valence-electron chi connectivity index (χ4n) is 1.84. The van der Waals surface area contributed by atoms with E-state index in [1.54, 1.807) is 11.3 Å².